The van der Waals surface area contributed by atoms with Gasteiger partial charge in [-0.15, -0.1) is 0 Å². The third kappa shape index (κ3) is 3.91. The average molecular weight is 269 g/mol. The van der Waals surface area contributed by atoms with Crippen LogP contribution in [0.5, 0.6) is 0 Å². The fourth-order valence-corrected chi connectivity index (χ4v) is 3.03. The summed E-state index contributed by atoms with van der Waals surface area (Å²) in [5.74, 6) is 0.897. The Hall–Kier alpha value is -0.650. The molecule has 0 radical (unpaired) electrons. The molecule has 0 aromatic heterocycles. The highest BCUT2D eigenvalue weighted by Crippen LogP contribution is 2.34. The van der Waals surface area contributed by atoms with E-state index in [0.717, 1.165) is 0 Å². The van der Waals surface area contributed by atoms with Gasteiger partial charge >= 0.3 is 0 Å². The zero-order valence-electron chi connectivity index (χ0n) is 12.3. The van der Waals surface area contributed by atoms with Gasteiger partial charge < -0.3 is 15.4 Å². The normalized spacial score (nSPS) is 29.6. The molecular weight excluding hydrogens is 242 g/mol. The van der Waals surface area contributed by atoms with Gasteiger partial charge in [0, 0.05) is 25.7 Å². The number of likely N-dealkylation sites (N-methyl/N-ethyl adjacent to an activating group) is 1. The van der Waals surface area contributed by atoms with Crippen LogP contribution in [0.1, 0.15) is 26.7 Å². The Morgan fingerprint density at radius 1 is 1.37 bits per heavy atom. The summed E-state index contributed by atoms with van der Waals surface area (Å²) >= 11 is 0. The second-order valence-corrected chi connectivity index (χ2v) is 6.11. The zero-order valence-corrected chi connectivity index (χ0v) is 12.3. The van der Waals surface area contributed by atoms with E-state index in [1.165, 1.54) is 12.8 Å². The number of morpholine rings is 1. The van der Waals surface area contributed by atoms with Crippen molar-refractivity contribution in [2.75, 3.05) is 33.2 Å². The van der Waals surface area contributed by atoms with E-state index < -0.39 is 0 Å². The number of hydrogen-bond donors (Lipinski definition) is 1. The molecule has 1 aliphatic heterocycles. The second-order valence-electron chi connectivity index (χ2n) is 6.11. The van der Waals surface area contributed by atoms with Gasteiger partial charge in [-0.25, -0.2) is 0 Å². The van der Waals surface area contributed by atoms with Crippen LogP contribution in [0.25, 0.3) is 0 Å². The fraction of sp³-hybridized carbons (Fsp3) is 0.929. The van der Waals surface area contributed by atoms with E-state index in [-0.39, 0.29) is 18.1 Å². The molecule has 1 amide bonds. The van der Waals surface area contributed by atoms with Crippen LogP contribution < -0.4 is 5.73 Å². The molecule has 2 rings (SSSR count). The minimum atomic E-state index is 0.131. The highest BCUT2D eigenvalue weighted by Gasteiger charge is 2.34. The van der Waals surface area contributed by atoms with E-state index in [1.54, 1.807) is 0 Å². The van der Waals surface area contributed by atoms with Crippen LogP contribution in [0.2, 0.25) is 0 Å². The van der Waals surface area contributed by atoms with Gasteiger partial charge in [-0.3, -0.25) is 9.69 Å². The molecule has 110 valence electrons. The van der Waals surface area contributed by atoms with Gasteiger partial charge in [0.2, 0.25) is 5.91 Å². The van der Waals surface area contributed by atoms with Crippen LogP contribution in [0.3, 0.4) is 0 Å². The molecule has 0 aromatic carbocycles. The largest absolute Gasteiger partial charge is 0.372 e. The van der Waals surface area contributed by atoms with E-state index in [2.05, 4.69) is 4.90 Å². The highest BCUT2D eigenvalue weighted by molar-refractivity contribution is 5.78. The summed E-state index contributed by atoms with van der Waals surface area (Å²) < 4.78 is 5.66. The molecule has 1 aliphatic carbocycles. The molecule has 5 nitrogen and oxygen atoms in total. The number of hydrogen-bond acceptors (Lipinski definition) is 4. The van der Waals surface area contributed by atoms with Crippen molar-refractivity contribution in [1.29, 1.82) is 0 Å². The van der Waals surface area contributed by atoms with Gasteiger partial charge in [0.05, 0.1) is 18.8 Å². The van der Waals surface area contributed by atoms with Crippen molar-refractivity contribution in [3.05, 3.63) is 0 Å². The Balaban J connectivity index is 1.85. The molecule has 3 atom stereocenters. The van der Waals surface area contributed by atoms with Crippen LogP contribution >= 0.6 is 0 Å². The van der Waals surface area contributed by atoms with Gasteiger partial charge in [0.1, 0.15) is 0 Å². The summed E-state index contributed by atoms with van der Waals surface area (Å²) in [5, 5.41) is 0. The number of carbonyl (C=O) groups is 1. The molecule has 2 aliphatic rings. The van der Waals surface area contributed by atoms with E-state index in [0.29, 0.717) is 38.1 Å². The minimum absolute atomic E-state index is 0.131. The number of amides is 1. The molecule has 3 unspecified atom stereocenters. The maximum absolute atomic E-state index is 12.4. The van der Waals surface area contributed by atoms with Crippen molar-refractivity contribution in [2.24, 2.45) is 11.7 Å². The molecule has 0 bridgehead atoms. The molecule has 2 N–H and O–H groups in total. The van der Waals surface area contributed by atoms with E-state index in [1.807, 2.05) is 25.8 Å². The Bertz CT molecular complexity index is 310. The van der Waals surface area contributed by atoms with Crippen molar-refractivity contribution in [2.45, 2.75) is 44.9 Å². The third-order valence-corrected chi connectivity index (χ3v) is 4.13. The first-order chi connectivity index (χ1) is 9.01. The molecule has 1 heterocycles. The third-order valence-electron chi connectivity index (χ3n) is 4.13. The van der Waals surface area contributed by atoms with Crippen LogP contribution in [0, 0.1) is 5.92 Å². The van der Waals surface area contributed by atoms with Crippen molar-refractivity contribution < 1.29 is 9.53 Å². The summed E-state index contributed by atoms with van der Waals surface area (Å²) in [6, 6.07) is 0.361. The second kappa shape index (κ2) is 6.20. The monoisotopic (exact) mass is 269 g/mol. The predicted molar refractivity (Wildman–Crippen MR) is 74.8 cm³/mol. The van der Waals surface area contributed by atoms with Crippen molar-refractivity contribution in [1.82, 2.24) is 9.80 Å². The highest BCUT2D eigenvalue weighted by atomic mass is 16.5. The SMILES string of the molecule is CC1CN(C(=O)CN(C)C(CN)C2CC2)CC(C)O1. The first-order valence-electron chi connectivity index (χ1n) is 7.34. The van der Waals surface area contributed by atoms with Gasteiger partial charge in [-0.1, -0.05) is 0 Å². The maximum Gasteiger partial charge on any atom is 0.236 e. The van der Waals surface area contributed by atoms with E-state index in [9.17, 15) is 4.79 Å². The lowest BCUT2D eigenvalue weighted by Gasteiger charge is -2.37. The standard InChI is InChI=1S/C14H27N3O2/c1-10-7-17(8-11(2)19-10)14(18)9-16(3)13(6-15)12-4-5-12/h10-13H,4-9,15H2,1-3H3. The summed E-state index contributed by atoms with van der Waals surface area (Å²) in [6.07, 6.45) is 2.77. The van der Waals surface area contributed by atoms with E-state index in [4.69, 9.17) is 10.5 Å². The first-order valence-corrected chi connectivity index (χ1v) is 7.34. The summed E-state index contributed by atoms with van der Waals surface area (Å²) in [7, 11) is 2.01. The maximum atomic E-state index is 12.4. The molecule has 0 aromatic rings. The van der Waals surface area contributed by atoms with Gasteiger partial charge in [-0.05, 0) is 39.7 Å². The zero-order chi connectivity index (χ0) is 14.0. The Morgan fingerprint density at radius 2 is 1.95 bits per heavy atom. The lowest BCUT2D eigenvalue weighted by atomic mass is 10.1. The Kier molecular flexibility index (Phi) is 4.81. The van der Waals surface area contributed by atoms with Crippen LogP contribution in [0.4, 0.5) is 0 Å². The quantitative estimate of drug-likeness (QED) is 0.779. The molecule has 0 spiro atoms. The molecule has 5 heteroatoms. The Morgan fingerprint density at radius 3 is 2.42 bits per heavy atom. The van der Waals surface area contributed by atoms with Crippen LogP contribution in [-0.2, 0) is 9.53 Å². The first kappa shape index (κ1) is 14.8. The number of ether oxygens (including phenoxy) is 1. The smallest absolute Gasteiger partial charge is 0.236 e. The average Bonchev–Trinajstić information content (AvgIpc) is 3.13. The van der Waals surface area contributed by atoms with Gasteiger partial charge in [0.15, 0.2) is 0 Å². The van der Waals surface area contributed by atoms with Crippen molar-refractivity contribution in [3.63, 3.8) is 0 Å². The topological polar surface area (TPSA) is 58.8 Å². The number of rotatable bonds is 5. The van der Waals surface area contributed by atoms with Crippen molar-refractivity contribution in [3.8, 4) is 0 Å². The minimum Gasteiger partial charge on any atom is -0.372 e. The Labute approximate surface area is 116 Å². The lowest BCUT2D eigenvalue weighted by Crippen LogP contribution is -2.52. The molecule has 19 heavy (non-hydrogen) atoms. The molecular formula is C14H27N3O2. The number of carbonyl (C=O) groups excluding carboxylic acids is 1. The predicted octanol–water partition coefficient (Wildman–Crippen LogP) is 0.291. The van der Waals surface area contributed by atoms with Crippen molar-refractivity contribution >= 4 is 5.91 Å². The molecule has 1 saturated heterocycles. The summed E-state index contributed by atoms with van der Waals surface area (Å²) in [6.45, 7) is 6.56. The van der Waals surface area contributed by atoms with Gasteiger partial charge in [-0.2, -0.15) is 0 Å². The van der Waals surface area contributed by atoms with Gasteiger partial charge in [0.25, 0.3) is 0 Å². The number of nitrogens with zero attached hydrogens (tertiary/aromatic N) is 2. The molecule has 1 saturated carbocycles. The fourth-order valence-electron chi connectivity index (χ4n) is 3.03. The van der Waals surface area contributed by atoms with E-state index >= 15 is 0 Å². The van der Waals surface area contributed by atoms with Crippen LogP contribution in [-0.4, -0.2) is 67.2 Å². The molecule has 2 fully saturated rings. The lowest BCUT2D eigenvalue weighted by molar-refractivity contribution is -0.144. The summed E-state index contributed by atoms with van der Waals surface area (Å²) in [4.78, 5) is 16.4. The summed E-state index contributed by atoms with van der Waals surface area (Å²) in [5.41, 5.74) is 5.83. The number of nitrogens with two attached hydrogens (primary N) is 1. The van der Waals surface area contributed by atoms with Crippen LogP contribution in [0.15, 0.2) is 0 Å².